The predicted octanol–water partition coefficient (Wildman–Crippen LogP) is 2.48. The van der Waals surface area contributed by atoms with Gasteiger partial charge in [-0.25, -0.2) is 9.50 Å². The molecule has 0 bridgehead atoms. The van der Waals surface area contributed by atoms with Gasteiger partial charge < -0.3 is 5.32 Å². The van der Waals surface area contributed by atoms with Gasteiger partial charge in [-0.3, -0.25) is 4.99 Å². The van der Waals surface area contributed by atoms with E-state index in [9.17, 15) is 0 Å². The maximum absolute atomic E-state index is 5.88. The minimum Gasteiger partial charge on any atom is -0.368 e. The van der Waals surface area contributed by atoms with Crippen LogP contribution in [0.2, 0.25) is 0 Å². The van der Waals surface area contributed by atoms with Crippen molar-refractivity contribution in [2.24, 2.45) is 4.99 Å². The van der Waals surface area contributed by atoms with E-state index in [2.05, 4.69) is 38.6 Å². The summed E-state index contributed by atoms with van der Waals surface area (Å²) >= 11 is 5.88. The van der Waals surface area contributed by atoms with Crippen molar-refractivity contribution < 1.29 is 0 Å². The zero-order chi connectivity index (χ0) is 14.9. The lowest BCUT2D eigenvalue weighted by molar-refractivity contribution is 0.922. The number of halogens is 1. The number of alkyl halides is 1. The van der Waals surface area contributed by atoms with E-state index in [1.807, 2.05) is 24.4 Å². The molecule has 3 heterocycles. The quantitative estimate of drug-likeness (QED) is 0.756. The van der Waals surface area contributed by atoms with Gasteiger partial charge in [0, 0.05) is 18.3 Å². The highest BCUT2D eigenvalue weighted by atomic mass is 35.5. The van der Waals surface area contributed by atoms with Crippen LogP contribution in [0, 0.1) is 0 Å². The fraction of sp³-hybridized carbons (Fsp3) is 0.188. The number of hydrogen-bond donors (Lipinski definition) is 1. The monoisotopic (exact) mass is 311 g/mol. The number of amidine groups is 1. The van der Waals surface area contributed by atoms with Crippen LogP contribution < -0.4 is 5.32 Å². The fourth-order valence-electron chi connectivity index (χ4n) is 2.63. The predicted molar refractivity (Wildman–Crippen MR) is 87.4 cm³/mol. The second-order valence-electron chi connectivity index (χ2n) is 5.10. The first kappa shape index (κ1) is 13.3. The van der Waals surface area contributed by atoms with Crippen LogP contribution in [0.25, 0.3) is 16.8 Å². The molecule has 1 aliphatic heterocycles. The van der Waals surface area contributed by atoms with Crippen molar-refractivity contribution in [3.63, 3.8) is 0 Å². The molecule has 0 atom stereocenters. The summed E-state index contributed by atoms with van der Waals surface area (Å²) in [6.07, 6.45) is 1.98. The molecular formula is C16H14ClN5. The van der Waals surface area contributed by atoms with Gasteiger partial charge in [-0.15, -0.1) is 16.7 Å². The van der Waals surface area contributed by atoms with Gasteiger partial charge in [0.15, 0.2) is 11.5 Å². The molecule has 110 valence electrons. The number of benzene rings is 1. The minimum absolute atomic E-state index is 0.293. The summed E-state index contributed by atoms with van der Waals surface area (Å²) in [5.74, 6) is 1.78. The van der Waals surface area contributed by atoms with Crippen molar-refractivity contribution in [2.45, 2.75) is 5.88 Å². The SMILES string of the molecule is ClCc1nc2c(C3=NCCN3)cc(-c3ccccc3)cn2n1. The average Bonchev–Trinajstić information content (AvgIpc) is 3.23. The van der Waals surface area contributed by atoms with E-state index in [0.29, 0.717) is 11.7 Å². The Morgan fingerprint density at radius 3 is 2.77 bits per heavy atom. The molecule has 1 aromatic carbocycles. The number of pyridine rings is 1. The fourth-order valence-corrected chi connectivity index (χ4v) is 2.74. The second kappa shape index (κ2) is 5.42. The normalized spacial score (nSPS) is 14.1. The Labute approximate surface area is 132 Å². The van der Waals surface area contributed by atoms with Crippen molar-refractivity contribution in [2.75, 3.05) is 13.1 Å². The van der Waals surface area contributed by atoms with E-state index in [1.165, 1.54) is 0 Å². The van der Waals surface area contributed by atoms with Crippen LogP contribution in [0.1, 0.15) is 11.4 Å². The molecule has 0 aliphatic carbocycles. The van der Waals surface area contributed by atoms with Crippen molar-refractivity contribution >= 4 is 23.1 Å². The molecule has 0 fully saturated rings. The molecule has 3 aromatic rings. The lowest BCUT2D eigenvalue weighted by Crippen LogP contribution is -2.20. The highest BCUT2D eigenvalue weighted by molar-refractivity contribution is 6.16. The van der Waals surface area contributed by atoms with Crippen LogP contribution in [-0.4, -0.2) is 33.5 Å². The topological polar surface area (TPSA) is 54.6 Å². The van der Waals surface area contributed by atoms with Crippen LogP contribution in [0.5, 0.6) is 0 Å². The van der Waals surface area contributed by atoms with E-state index in [4.69, 9.17) is 11.6 Å². The van der Waals surface area contributed by atoms with Crippen molar-refractivity contribution in [1.82, 2.24) is 19.9 Å². The van der Waals surface area contributed by atoms with Gasteiger partial charge in [-0.1, -0.05) is 30.3 Å². The Hall–Kier alpha value is -2.40. The van der Waals surface area contributed by atoms with Crippen molar-refractivity contribution in [3.05, 3.63) is 54.0 Å². The van der Waals surface area contributed by atoms with E-state index < -0.39 is 0 Å². The molecule has 2 aromatic heterocycles. The molecule has 0 amide bonds. The third-order valence-electron chi connectivity index (χ3n) is 3.63. The summed E-state index contributed by atoms with van der Waals surface area (Å²) in [6, 6.07) is 12.3. The smallest absolute Gasteiger partial charge is 0.166 e. The number of aliphatic imine (C=N–C) groups is 1. The largest absolute Gasteiger partial charge is 0.368 e. The van der Waals surface area contributed by atoms with Gasteiger partial charge in [-0.05, 0) is 11.6 Å². The molecule has 1 N–H and O–H groups in total. The van der Waals surface area contributed by atoms with Crippen molar-refractivity contribution in [3.8, 4) is 11.1 Å². The number of aromatic nitrogens is 3. The number of nitrogens with one attached hydrogen (secondary N) is 1. The zero-order valence-electron chi connectivity index (χ0n) is 11.8. The maximum Gasteiger partial charge on any atom is 0.166 e. The third-order valence-corrected chi connectivity index (χ3v) is 3.87. The Morgan fingerprint density at radius 2 is 2.05 bits per heavy atom. The molecule has 0 spiro atoms. The summed E-state index contributed by atoms with van der Waals surface area (Å²) in [6.45, 7) is 1.64. The summed E-state index contributed by atoms with van der Waals surface area (Å²) in [5, 5.41) is 7.75. The number of rotatable bonds is 3. The van der Waals surface area contributed by atoms with Gasteiger partial charge in [0.1, 0.15) is 5.84 Å². The average molecular weight is 312 g/mol. The van der Waals surface area contributed by atoms with E-state index in [-0.39, 0.29) is 0 Å². The summed E-state index contributed by atoms with van der Waals surface area (Å²) in [7, 11) is 0. The number of fused-ring (bicyclic) bond motifs is 1. The Balaban J connectivity index is 1.96. The highest BCUT2D eigenvalue weighted by Crippen LogP contribution is 2.23. The van der Waals surface area contributed by atoms with Gasteiger partial charge in [0.25, 0.3) is 0 Å². The van der Waals surface area contributed by atoms with E-state index in [1.54, 1.807) is 4.52 Å². The van der Waals surface area contributed by atoms with Gasteiger partial charge in [-0.2, -0.15) is 0 Å². The molecule has 22 heavy (non-hydrogen) atoms. The zero-order valence-corrected chi connectivity index (χ0v) is 12.6. The Morgan fingerprint density at radius 1 is 1.18 bits per heavy atom. The third kappa shape index (κ3) is 2.23. The van der Waals surface area contributed by atoms with Crippen LogP contribution in [0.15, 0.2) is 47.6 Å². The standard InChI is InChI=1S/C16H14ClN5/c17-9-14-20-16-13(15-18-6-7-19-15)8-12(10-22(16)21-14)11-4-2-1-3-5-11/h1-5,8,10H,6-7,9H2,(H,18,19). The van der Waals surface area contributed by atoms with E-state index in [0.717, 1.165) is 41.3 Å². The minimum atomic E-state index is 0.293. The lowest BCUT2D eigenvalue weighted by atomic mass is 10.1. The first-order chi connectivity index (χ1) is 10.8. The first-order valence-electron chi connectivity index (χ1n) is 7.14. The van der Waals surface area contributed by atoms with E-state index >= 15 is 0 Å². The molecule has 6 heteroatoms. The van der Waals surface area contributed by atoms with Crippen LogP contribution in [-0.2, 0) is 5.88 Å². The van der Waals surface area contributed by atoms with Gasteiger partial charge in [0.05, 0.1) is 18.0 Å². The lowest BCUT2D eigenvalue weighted by Gasteiger charge is -2.08. The summed E-state index contributed by atoms with van der Waals surface area (Å²) < 4.78 is 1.79. The molecule has 4 rings (SSSR count). The Kier molecular flexibility index (Phi) is 3.27. The van der Waals surface area contributed by atoms with Crippen LogP contribution >= 0.6 is 11.6 Å². The Bertz CT molecular complexity index is 854. The highest BCUT2D eigenvalue weighted by Gasteiger charge is 2.17. The number of nitrogens with zero attached hydrogens (tertiary/aromatic N) is 4. The van der Waals surface area contributed by atoms with Crippen molar-refractivity contribution in [1.29, 1.82) is 0 Å². The maximum atomic E-state index is 5.88. The van der Waals surface area contributed by atoms with Gasteiger partial charge in [0.2, 0.25) is 0 Å². The number of hydrogen-bond acceptors (Lipinski definition) is 4. The second-order valence-corrected chi connectivity index (χ2v) is 5.36. The molecule has 1 aliphatic rings. The van der Waals surface area contributed by atoms with Gasteiger partial charge >= 0.3 is 0 Å². The molecule has 0 unspecified atom stereocenters. The molecule has 0 radical (unpaired) electrons. The molecule has 0 saturated carbocycles. The summed E-state index contributed by atoms with van der Waals surface area (Å²) in [5.41, 5.74) is 3.95. The van der Waals surface area contributed by atoms with Crippen LogP contribution in [0.3, 0.4) is 0 Å². The molecule has 0 saturated heterocycles. The first-order valence-corrected chi connectivity index (χ1v) is 7.68. The summed E-state index contributed by atoms with van der Waals surface area (Å²) in [4.78, 5) is 9.03. The van der Waals surface area contributed by atoms with Crippen LogP contribution in [0.4, 0.5) is 0 Å². The molecular weight excluding hydrogens is 298 g/mol. The molecule has 5 nitrogen and oxygen atoms in total.